The number of ether oxygens (including phenoxy) is 1. The Morgan fingerprint density at radius 2 is 1.97 bits per heavy atom. The van der Waals surface area contributed by atoms with Crippen LogP contribution in [0.2, 0.25) is 0 Å². The Labute approximate surface area is 169 Å². The minimum Gasteiger partial charge on any atom is -0.384 e. The number of hydrogen-bond acceptors (Lipinski definition) is 5. The Morgan fingerprint density at radius 1 is 1.27 bits per heavy atom. The molecule has 0 radical (unpaired) electrons. The third kappa shape index (κ3) is 3.98. The van der Waals surface area contributed by atoms with Gasteiger partial charge in [0.05, 0.1) is 24.0 Å². The molecule has 0 spiro atoms. The van der Waals surface area contributed by atoms with Gasteiger partial charge in [-0.1, -0.05) is 0 Å². The van der Waals surface area contributed by atoms with E-state index < -0.39 is 34.3 Å². The van der Waals surface area contributed by atoms with Crippen LogP contribution in [-0.4, -0.2) is 51.7 Å². The Morgan fingerprint density at radius 3 is 2.60 bits per heavy atom. The van der Waals surface area contributed by atoms with Crippen molar-refractivity contribution in [3.05, 3.63) is 38.2 Å². The molecule has 0 aliphatic carbocycles. The minimum absolute atomic E-state index is 0.113. The summed E-state index contributed by atoms with van der Waals surface area (Å²) in [6, 6.07) is 0.877. The normalized spacial score (nSPS) is 17.5. The van der Waals surface area contributed by atoms with Crippen molar-refractivity contribution >= 4 is 16.9 Å². The van der Waals surface area contributed by atoms with Gasteiger partial charge in [0.25, 0.3) is 5.56 Å². The largest absolute Gasteiger partial charge is 0.417 e. The van der Waals surface area contributed by atoms with Crippen molar-refractivity contribution in [1.82, 2.24) is 19.0 Å². The molecule has 2 aromatic heterocycles. The zero-order valence-corrected chi connectivity index (χ0v) is 17.0. The van der Waals surface area contributed by atoms with Crippen molar-refractivity contribution in [3.63, 3.8) is 0 Å². The van der Waals surface area contributed by atoms with Gasteiger partial charge >= 0.3 is 11.9 Å². The lowest BCUT2D eigenvalue weighted by Gasteiger charge is -2.33. The fraction of sp³-hybridized carbons (Fsp3) is 0.579. The molecule has 0 unspecified atom stereocenters. The lowest BCUT2D eigenvalue weighted by molar-refractivity contribution is -0.136. The molecule has 8 nitrogen and oxygen atoms in total. The molecule has 2 aromatic rings. The average molecular weight is 428 g/mol. The number of hydrogen-bond donors (Lipinski definition) is 0. The van der Waals surface area contributed by atoms with E-state index in [1.165, 1.54) is 14.2 Å². The number of alkyl halides is 3. The summed E-state index contributed by atoms with van der Waals surface area (Å²) in [5.74, 6) is -0.574. The van der Waals surface area contributed by atoms with Crippen molar-refractivity contribution in [3.8, 4) is 0 Å². The topological polar surface area (TPSA) is 86.4 Å². The monoisotopic (exact) mass is 428 g/mol. The van der Waals surface area contributed by atoms with Crippen molar-refractivity contribution in [1.29, 1.82) is 0 Å². The lowest BCUT2D eigenvalue weighted by atomic mass is 9.92. The number of amides is 1. The molecule has 0 N–H and O–H groups in total. The summed E-state index contributed by atoms with van der Waals surface area (Å²) in [6.45, 7) is 0.993. The summed E-state index contributed by atoms with van der Waals surface area (Å²) in [5.41, 5.74) is -3.12. The Bertz CT molecular complexity index is 1090. The highest BCUT2D eigenvalue weighted by Crippen LogP contribution is 2.36. The molecule has 1 atom stereocenters. The van der Waals surface area contributed by atoms with E-state index in [4.69, 9.17) is 4.74 Å². The van der Waals surface area contributed by atoms with Crippen molar-refractivity contribution in [2.75, 3.05) is 26.8 Å². The maximum absolute atomic E-state index is 13.8. The Balaban J connectivity index is 2.12. The number of halogens is 3. The van der Waals surface area contributed by atoms with Gasteiger partial charge in [-0.3, -0.25) is 18.7 Å². The molecule has 1 saturated heterocycles. The fourth-order valence-corrected chi connectivity index (χ4v) is 3.80. The molecule has 1 aliphatic heterocycles. The van der Waals surface area contributed by atoms with E-state index in [0.717, 1.165) is 17.7 Å². The summed E-state index contributed by atoms with van der Waals surface area (Å²) in [7, 11) is 3.89. The van der Waals surface area contributed by atoms with Crippen molar-refractivity contribution in [2.24, 2.45) is 14.1 Å². The molecule has 11 heteroatoms. The average Bonchev–Trinajstić information content (AvgIpc) is 2.73. The first-order valence-corrected chi connectivity index (χ1v) is 9.50. The number of likely N-dealkylation sites (tertiary alicyclic amines) is 1. The SMILES string of the molecule is COCCC(=O)N1CCC[C@@H](c2cc(C(F)(F)F)c3c(=O)n(C)c(=O)n(C)c3n2)C1. The molecule has 1 fully saturated rings. The summed E-state index contributed by atoms with van der Waals surface area (Å²) >= 11 is 0. The second-order valence-corrected chi connectivity index (χ2v) is 7.42. The first-order valence-electron chi connectivity index (χ1n) is 9.50. The van der Waals surface area contributed by atoms with E-state index in [9.17, 15) is 27.6 Å². The number of piperidine rings is 1. The van der Waals surface area contributed by atoms with E-state index in [0.29, 0.717) is 24.0 Å². The minimum atomic E-state index is -4.80. The molecular weight excluding hydrogens is 405 g/mol. The van der Waals surface area contributed by atoms with Gasteiger partial charge in [-0.25, -0.2) is 9.78 Å². The van der Waals surface area contributed by atoms with Crippen molar-refractivity contribution in [2.45, 2.75) is 31.4 Å². The van der Waals surface area contributed by atoms with Crippen LogP contribution in [0, 0.1) is 0 Å². The highest BCUT2D eigenvalue weighted by atomic mass is 19.4. The van der Waals surface area contributed by atoms with Crippen LogP contribution < -0.4 is 11.2 Å². The van der Waals surface area contributed by atoms with Crippen LogP contribution in [0.3, 0.4) is 0 Å². The number of fused-ring (bicyclic) bond motifs is 1. The number of rotatable bonds is 4. The van der Waals surface area contributed by atoms with Crippen LogP contribution in [0.15, 0.2) is 15.7 Å². The van der Waals surface area contributed by atoms with E-state index in [-0.39, 0.29) is 36.8 Å². The quantitative estimate of drug-likeness (QED) is 0.735. The second kappa shape index (κ2) is 8.21. The van der Waals surface area contributed by atoms with E-state index in [1.807, 2.05) is 0 Å². The van der Waals surface area contributed by atoms with Crippen LogP contribution in [0.5, 0.6) is 0 Å². The summed E-state index contributed by atoms with van der Waals surface area (Å²) < 4.78 is 47.9. The maximum Gasteiger partial charge on any atom is 0.417 e. The van der Waals surface area contributed by atoms with E-state index in [1.54, 1.807) is 4.90 Å². The first kappa shape index (κ1) is 22.0. The standard InChI is InChI=1S/C19H23F3N4O4/c1-24-16-15(17(28)25(2)18(24)29)12(19(20,21)22)9-13(23-16)11-5-4-7-26(10-11)14(27)6-8-30-3/h9,11H,4-8,10H2,1-3H3/t11-/m1/s1. The lowest BCUT2D eigenvalue weighted by Crippen LogP contribution is -2.40. The molecule has 3 heterocycles. The number of aromatic nitrogens is 3. The number of carbonyl (C=O) groups excluding carboxylic acids is 1. The predicted molar refractivity (Wildman–Crippen MR) is 102 cm³/mol. The molecule has 30 heavy (non-hydrogen) atoms. The summed E-state index contributed by atoms with van der Waals surface area (Å²) in [4.78, 5) is 42.9. The molecule has 0 aromatic carbocycles. The Hall–Kier alpha value is -2.69. The molecule has 1 aliphatic rings. The summed E-state index contributed by atoms with van der Waals surface area (Å²) in [5, 5.41) is -0.639. The molecule has 1 amide bonds. The molecule has 3 rings (SSSR count). The second-order valence-electron chi connectivity index (χ2n) is 7.42. The highest BCUT2D eigenvalue weighted by Gasteiger charge is 2.37. The molecule has 0 saturated carbocycles. The molecular formula is C19H23F3N4O4. The van der Waals surface area contributed by atoms with Crippen LogP contribution in [0.1, 0.15) is 36.4 Å². The van der Waals surface area contributed by atoms with E-state index >= 15 is 0 Å². The van der Waals surface area contributed by atoms with Gasteiger partial charge in [-0.15, -0.1) is 0 Å². The molecule has 164 valence electrons. The zero-order valence-electron chi connectivity index (χ0n) is 17.0. The third-order valence-corrected chi connectivity index (χ3v) is 5.45. The number of pyridine rings is 1. The first-order chi connectivity index (χ1) is 14.1. The Kier molecular flexibility index (Phi) is 6.02. The van der Waals surface area contributed by atoms with Gasteiger partial charge in [-0.2, -0.15) is 13.2 Å². The van der Waals surface area contributed by atoms with Crippen LogP contribution in [0.4, 0.5) is 13.2 Å². The van der Waals surface area contributed by atoms with Gasteiger partial charge in [0.1, 0.15) is 5.65 Å². The van der Waals surface area contributed by atoms with Gasteiger partial charge in [0.15, 0.2) is 0 Å². The number of aryl methyl sites for hydroxylation is 1. The fourth-order valence-electron chi connectivity index (χ4n) is 3.80. The van der Waals surface area contributed by atoms with Crippen LogP contribution in [-0.2, 0) is 29.8 Å². The summed E-state index contributed by atoms with van der Waals surface area (Å²) in [6.07, 6.45) is -3.46. The van der Waals surface area contributed by atoms with Crippen molar-refractivity contribution < 1.29 is 22.7 Å². The van der Waals surface area contributed by atoms with Crippen LogP contribution >= 0.6 is 0 Å². The van der Waals surface area contributed by atoms with Gasteiger partial charge < -0.3 is 9.64 Å². The number of nitrogens with zero attached hydrogens (tertiary/aromatic N) is 4. The third-order valence-electron chi connectivity index (χ3n) is 5.45. The number of carbonyl (C=O) groups is 1. The van der Waals surface area contributed by atoms with Gasteiger partial charge in [-0.05, 0) is 18.9 Å². The maximum atomic E-state index is 13.8. The van der Waals surface area contributed by atoms with E-state index in [2.05, 4.69) is 4.98 Å². The van der Waals surface area contributed by atoms with Crippen LogP contribution in [0.25, 0.3) is 11.0 Å². The smallest absolute Gasteiger partial charge is 0.384 e. The zero-order chi connectivity index (χ0) is 22.2. The van der Waals surface area contributed by atoms with Gasteiger partial charge in [0.2, 0.25) is 5.91 Å². The number of methoxy groups -OCH3 is 1. The molecule has 0 bridgehead atoms. The van der Waals surface area contributed by atoms with Gasteiger partial charge in [0, 0.05) is 45.9 Å². The highest BCUT2D eigenvalue weighted by molar-refractivity contribution is 5.79. The predicted octanol–water partition coefficient (Wildman–Crippen LogP) is 1.39.